The Bertz CT molecular complexity index is 939. The Kier molecular flexibility index (Phi) is 4.40. The zero-order valence-electron chi connectivity index (χ0n) is 13.7. The Balaban J connectivity index is 1.87. The largest absolute Gasteiger partial charge is 0.497 e. The molecule has 5 nitrogen and oxygen atoms in total. The first kappa shape index (κ1) is 16.3. The van der Waals surface area contributed by atoms with Crippen molar-refractivity contribution in [3.63, 3.8) is 0 Å². The lowest BCUT2D eigenvalue weighted by Crippen LogP contribution is -2.14. The van der Waals surface area contributed by atoms with E-state index in [1.165, 1.54) is 11.3 Å². The molecule has 0 unspecified atom stereocenters. The highest BCUT2D eigenvalue weighted by atomic mass is 32.1. The minimum absolute atomic E-state index is 0.0126. The molecule has 0 aliphatic heterocycles. The van der Waals surface area contributed by atoms with E-state index in [0.717, 1.165) is 10.2 Å². The molecule has 0 atom stereocenters. The summed E-state index contributed by atoms with van der Waals surface area (Å²) in [5, 5.41) is 2.86. The van der Waals surface area contributed by atoms with E-state index in [1.54, 1.807) is 35.9 Å². The topological polar surface area (TPSA) is 60.3 Å². The van der Waals surface area contributed by atoms with Gasteiger partial charge in [-0.15, -0.1) is 0 Å². The Labute approximate surface area is 143 Å². The maximum absolute atomic E-state index is 12.3. The van der Waals surface area contributed by atoms with Gasteiger partial charge in [0.1, 0.15) is 5.75 Å². The smallest absolute Gasteiger partial charge is 0.308 e. The number of carbonyl (C=O) groups is 1. The van der Waals surface area contributed by atoms with Crippen molar-refractivity contribution in [1.29, 1.82) is 0 Å². The predicted molar refractivity (Wildman–Crippen MR) is 97.4 cm³/mol. The maximum atomic E-state index is 12.3. The number of ether oxygens (including phenoxy) is 1. The Hall–Kier alpha value is -2.60. The number of nitrogens with one attached hydrogen (secondary N) is 1. The maximum Gasteiger partial charge on any atom is 0.308 e. The van der Waals surface area contributed by atoms with Crippen molar-refractivity contribution in [2.75, 3.05) is 12.4 Å². The van der Waals surface area contributed by atoms with Crippen LogP contribution >= 0.6 is 11.3 Å². The third-order valence-corrected chi connectivity index (χ3v) is 4.66. The Morgan fingerprint density at radius 1 is 1.17 bits per heavy atom. The zero-order valence-corrected chi connectivity index (χ0v) is 14.5. The van der Waals surface area contributed by atoms with Crippen molar-refractivity contribution in [3.8, 4) is 5.75 Å². The molecule has 0 radical (unpaired) electrons. The zero-order chi connectivity index (χ0) is 17.3. The van der Waals surface area contributed by atoms with E-state index in [9.17, 15) is 9.59 Å². The van der Waals surface area contributed by atoms with Gasteiger partial charge in [-0.05, 0) is 56.3 Å². The standard InChI is InChI=1S/C18H18N2O3S/c1-11(2)20-15-9-6-13(10-16(15)24-18(20)22)19-17(21)12-4-7-14(23-3)8-5-12/h4-11H,1-3H3,(H,19,21). The molecule has 0 spiro atoms. The van der Waals surface area contributed by atoms with Crippen LogP contribution in [0.4, 0.5) is 5.69 Å². The number of methoxy groups -OCH3 is 1. The summed E-state index contributed by atoms with van der Waals surface area (Å²) in [7, 11) is 1.58. The average molecular weight is 342 g/mol. The van der Waals surface area contributed by atoms with Gasteiger partial charge in [0.05, 0.1) is 17.3 Å². The summed E-state index contributed by atoms with van der Waals surface area (Å²) < 4.78 is 7.71. The van der Waals surface area contributed by atoms with E-state index in [-0.39, 0.29) is 16.8 Å². The van der Waals surface area contributed by atoms with E-state index in [4.69, 9.17) is 4.74 Å². The molecule has 1 amide bonds. The minimum atomic E-state index is -0.201. The lowest BCUT2D eigenvalue weighted by atomic mass is 10.2. The fourth-order valence-corrected chi connectivity index (χ4v) is 3.60. The van der Waals surface area contributed by atoms with Crippen LogP contribution in [-0.4, -0.2) is 17.6 Å². The Morgan fingerprint density at radius 2 is 1.88 bits per heavy atom. The molecule has 0 aliphatic rings. The second kappa shape index (κ2) is 6.49. The molecule has 24 heavy (non-hydrogen) atoms. The van der Waals surface area contributed by atoms with Crippen LogP contribution in [0.3, 0.4) is 0 Å². The number of fused-ring (bicyclic) bond motifs is 1. The molecule has 0 fully saturated rings. The SMILES string of the molecule is COc1ccc(C(=O)Nc2ccc3c(c2)sc(=O)n3C(C)C)cc1. The fourth-order valence-electron chi connectivity index (χ4n) is 2.55. The van der Waals surface area contributed by atoms with Crippen molar-refractivity contribution >= 4 is 33.1 Å². The van der Waals surface area contributed by atoms with Crippen LogP contribution in [-0.2, 0) is 0 Å². The lowest BCUT2D eigenvalue weighted by molar-refractivity contribution is 0.102. The van der Waals surface area contributed by atoms with Gasteiger partial charge in [0.25, 0.3) is 5.91 Å². The van der Waals surface area contributed by atoms with E-state index in [2.05, 4.69) is 5.32 Å². The molecule has 2 aromatic carbocycles. The van der Waals surface area contributed by atoms with E-state index in [1.807, 2.05) is 32.0 Å². The Morgan fingerprint density at radius 3 is 2.50 bits per heavy atom. The fraction of sp³-hybridized carbons (Fsp3) is 0.222. The highest BCUT2D eigenvalue weighted by molar-refractivity contribution is 7.16. The molecule has 124 valence electrons. The van der Waals surface area contributed by atoms with Gasteiger partial charge in [-0.1, -0.05) is 11.3 Å². The van der Waals surface area contributed by atoms with Crippen LogP contribution in [0.15, 0.2) is 47.3 Å². The first-order valence-electron chi connectivity index (χ1n) is 7.60. The second-order valence-electron chi connectivity index (χ2n) is 5.70. The number of thiazole rings is 1. The van der Waals surface area contributed by atoms with Gasteiger partial charge in [-0.3, -0.25) is 14.2 Å². The van der Waals surface area contributed by atoms with Crippen molar-refractivity contribution < 1.29 is 9.53 Å². The molecule has 3 aromatic rings. The number of nitrogens with zero attached hydrogens (tertiary/aromatic N) is 1. The summed E-state index contributed by atoms with van der Waals surface area (Å²) in [5.74, 6) is 0.500. The quantitative estimate of drug-likeness (QED) is 0.782. The molecule has 0 bridgehead atoms. The van der Waals surface area contributed by atoms with Crippen LogP contribution in [0.2, 0.25) is 0 Å². The molecule has 1 heterocycles. The first-order chi connectivity index (χ1) is 11.5. The molecule has 1 N–H and O–H groups in total. The summed E-state index contributed by atoms with van der Waals surface area (Å²) in [6, 6.07) is 12.5. The predicted octanol–water partition coefficient (Wildman–Crippen LogP) is 3.90. The number of hydrogen-bond acceptors (Lipinski definition) is 4. The van der Waals surface area contributed by atoms with Gasteiger partial charge < -0.3 is 10.1 Å². The van der Waals surface area contributed by atoms with Gasteiger partial charge >= 0.3 is 4.87 Å². The molecular weight excluding hydrogens is 324 g/mol. The summed E-state index contributed by atoms with van der Waals surface area (Å²) in [6.07, 6.45) is 0. The average Bonchev–Trinajstić information content (AvgIpc) is 2.90. The molecule has 6 heteroatoms. The van der Waals surface area contributed by atoms with Gasteiger partial charge in [0.15, 0.2) is 0 Å². The summed E-state index contributed by atoms with van der Waals surface area (Å²) in [5.41, 5.74) is 2.10. The van der Waals surface area contributed by atoms with Crippen LogP contribution in [0, 0.1) is 0 Å². The van der Waals surface area contributed by atoms with Crippen molar-refractivity contribution in [2.24, 2.45) is 0 Å². The molecule has 0 aliphatic carbocycles. The van der Waals surface area contributed by atoms with E-state index >= 15 is 0 Å². The van der Waals surface area contributed by atoms with Crippen LogP contribution in [0.25, 0.3) is 10.2 Å². The second-order valence-corrected chi connectivity index (χ2v) is 6.69. The summed E-state index contributed by atoms with van der Waals surface area (Å²) in [4.78, 5) is 24.4. The highest BCUT2D eigenvalue weighted by Crippen LogP contribution is 2.24. The molecule has 0 saturated heterocycles. The van der Waals surface area contributed by atoms with Crippen LogP contribution < -0.4 is 14.9 Å². The molecule has 0 saturated carbocycles. The minimum Gasteiger partial charge on any atom is -0.497 e. The first-order valence-corrected chi connectivity index (χ1v) is 8.41. The van der Waals surface area contributed by atoms with Crippen molar-refractivity contribution in [3.05, 3.63) is 57.7 Å². The summed E-state index contributed by atoms with van der Waals surface area (Å²) >= 11 is 1.19. The number of benzene rings is 2. The van der Waals surface area contributed by atoms with Crippen LogP contribution in [0.5, 0.6) is 5.75 Å². The number of carbonyl (C=O) groups excluding carboxylic acids is 1. The van der Waals surface area contributed by atoms with E-state index < -0.39 is 0 Å². The third kappa shape index (κ3) is 3.05. The number of anilines is 1. The molecular formula is C18H18N2O3S. The molecule has 3 rings (SSSR count). The normalized spacial score (nSPS) is 11.0. The third-order valence-electron chi connectivity index (χ3n) is 3.74. The van der Waals surface area contributed by atoms with Gasteiger partial charge in [-0.2, -0.15) is 0 Å². The van der Waals surface area contributed by atoms with Gasteiger partial charge in [0.2, 0.25) is 0 Å². The number of hydrogen-bond donors (Lipinski definition) is 1. The monoisotopic (exact) mass is 342 g/mol. The van der Waals surface area contributed by atoms with Crippen molar-refractivity contribution in [1.82, 2.24) is 4.57 Å². The number of rotatable bonds is 4. The number of amides is 1. The lowest BCUT2D eigenvalue weighted by Gasteiger charge is -2.09. The van der Waals surface area contributed by atoms with Gasteiger partial charge in [0, 0.05) is 17.3 Å². The molecule has 1 aromatic heterocycles. The summed E-state index contributed by atoms with van der Waals surface area (Å²) in [6.45, 7) is 3.96. The van der Waals surface area contributed by atoms with Crippen molar-refractivity contribution in [2.45, 2.75) is 19.9 Å². The van der Waals surface area contributed by atoms with E-state index in [0.29, 0.717) is 17.0 Å². The highest BCUT2D eigenvalue weighted by Gasteiger charge is 2.12. The van der Waals surface area contributed by atoms with Crippen LogP contribution in [0.1, 0.15) is 30.2 Å². The number of aromatic nitrogens is 1. The van der Waals surface area contributed by atoms with Gasteiger partial charge in [-0.25, -0.2) is 0 Å².